The van der Waals surface area contributed by atoms with Crippen LogP contribution in [0.4, 0.5) is 0 Å². The molecule has 1 atom stereocenters. The van der Waals surface area contributed by atoms with Crippen LogP contribution < -0.4 is 5.32 Å². The van der Waals surface area contributed by atoms with Crippen LogP contribution in [0.15, 0.2) is 28.7 Å². The Kier molecular flexibility index (Phi) is 3.35. The van der Waals surface area contributed by atoms with Gasteiger partial charge in [0, 0.05) is 30.1 Å². The largest absolute Gasteiger partial charge is 0.461 e. The van der Waals surface area contributed by atoms with Gasteiger partial charge in [-0.1, -0.05) is 18.2 Å². The predicted octanol–water partition coefficient (Wildman–Crippen LogP) is 3.01. The van der Waals surface area contributed by atoms with Crippen molar-refractivity contribution in [2.45, 2.75) is 32.4 Å². The van der Waals surface area contributed by atoms with Crippen LogP contribution in [0.3, 0.4) is 0 Å². The number of fused-ring (bicyclic) bond motifs is 1. The Morgan fingerprint density at radius 1 is 1.33 bits per heavy atom. The van der Waals surface area contributed by atoms with Gasteiger partial charge in [-0.3, -0.25) is 0 Å². The molecule has 3 rings (SSSR count). The monoisotopic (exact) mass is 245 g/mol. The summed E-state index contributed by atoms with van der Waals surface area (Å²) in [6, 6.07) is 8.70. The SMILES string of the molecule is Cc1oc2ccccc2c1CNC1CCCOC1. The molecule has 2 heterocycles. The molecule has 1 saturated heterocycles. The van der Waals surface area contributed by atoms with Gasteiger partial charge in [-0.25, -0.2) is 0 Å². The number of aryl methyl sites for hydroxylation is 1. The smallest absolute Gasteiger partial charge is 0.134 e. The second-order valence-corrected chi connectivity index (χ2v) is 4.93. The third kappa shape index (κ3) is 2.28. The van der Waals surface area contributed by atoms with Gasteiger partial charge >= 0.3 is 0 Å². The highest BCUT2D eigenvalue weighted by molar-refractivity contribution is 5.82. The van der Waals surface area contributed by atoms with E-state index in [9.17, 15) is 0 Å². The number of rotatable bonds is 3. The molecule has 0 amide bonds. The van der Waals surface area contributed by atoms with Crippen LogP contribution in [-0.4, -0.2) is 19.3 Å². The van der Waals surface area contributed by atoms with Crippen LogP contribution in [0.1, 0.15) is 24.2 Å². The topological polar surface area (TPSA) is 34.4 Å². The van der Waals surface area contributed by atoms with Crippen molar-refractivity contribution in [1.82, 2.24) is 5.32 Å². The second kappa shape index (κ2) is 5.12. The molecule has 96 valence electrons. The summed E-state index contributed by atoms with van der Waals surface area (Å²) < 4.78 is 11.3. The zero-order valence-corrected chi connectivity index (χ0v) is 10.7. The molecule has 1 aliphatic heterocycles. The summed E-state index contributed by atoms with van der Waals surface area (Å²) in [5.41, 5.74) is 2.25. The van der Waals surface area contributed by atoms with E-state index in [1.54, 1.807) is 0 Å². The van der Waals surface area contributed by atoms with Crippen LogP contribution in [-0.2, 0) is 11.3 Å². The molecule has 1 fully saturated rings. The van der Waals surface area contributed by atoms with E-state index in [4.69, 9.17) is 9.15 Å². The predicted molar refractivity (Wildman–Crippen MR) is 71.6 cm³/mol. The Balaban J connectivity index is 1.75. The minimum Gasteiger partial charge on any atom is -0.461 e. The number of furan rings is 1. The average molecular weight is 245 g/mol. The molecule has 0 spiro atoms. The third-order valence-electron chi connectivity index (χ3n) is 3.63. The summed E-state index contributed by atoms with van der Waals surface area (Å²) in [7, 11) is 0. The summed E-state index contributed by atoms with van der Waals surface area (Å²) in [6.07, 6.45) is 2.36. The molecule has 3 heteroatoms. The fraction of sp³-hybridized carbons (Fsp3) is 0.467. The van der Waals surface area contributed by atoms with Crippen molar-refractivity contribution in [3.8, 4) is 0 Å². The van der Waals surface area contributed by atoms with Crippen LogP contribution in [0.2, 0.25) is 0 Å². The minimum atomic E-state index is 0.479. The van der Waals surface area contributed by atoms with Gasteiger partial charge in [0.05, 0.1) is 6.61 Å². The molecular formula is C15H19NO2. The van der Waals surface area contributed by atoms with E-state index in [-0.39, 0.29) is 0 Å². The first-order chi connectivity index (χ1) is 8.84. The summed E-state index contributed by atoms with van der Waals surface area (Å²) in [4.78, 5) is 0. The molecule has 1 unspecified atom stereocenters. The van der Waals surface area contributed by atoms with Gasteiger partial charge in [-0.2, -0.15) is 0 Å². The van der Waals surface area contributed by atoms with Crippen LogP contribution in [0.5, 0.6) is 0 Å². The number of benzene rings is 1. The number of hydrogen-bond donors (Lipinski definition) is 1. The van der Waals surface area contributed by atoms with Gasteiger partial charge in [-0.05, 0) is 25.8 Å². The number of ether oxygens (including phenoxy) is 1. The van der Waals surface area contributed by atoms with E-state index in [1.807, 2.05) is 19.1 Å². The first-order valence-corrected chi connectivity index (χ1v) is 6.63. The Bertz CT molecular complexity index is 526. The van der Waals surface area contributed by atoms with E-state index in [0.29, 0.717) is 6.04 Å². The molecule has 0 bridgehead atoms. The van der Waals surface area contributed by atoms with Crippen molar-refractivity contribution in [2.24, 2.45) is 0 Å². The number of hydrogen-bond acceptors (Lipinski definition) is 3. The van der Waals surface area contributed by atoms with Crippen molar-refractivity contribution >= 4 is 11.0 Å². The molecule has 0 saturated carbocycles. The van der Waals surface area contributed by atoms with Crippen LogP contribution in [0, 0.1) is 6.92 Å². The van der Waals surface area contributed by atoms with Crippen molar-refractivity contribution < 1.29 is 9.15 Å². The molecule has 1 aromatic carbocycles. The van der Waals surface area contributed by atoms with E-state index in [1.165, 1.54) is 17.4 Å². The van der Waals surface area contributed by atoms with E-state index in [2.05, 4.69) is 17.4 Å². The van der Waals surface area contributed by atoms with E-state index >= 15 is 0 Å². The molecule has 1 N–H and O–H groups in total. The highest BCUT2D eigenvalue weighted by atomic mass is 16.5. The van der Waals surface area contributed by atoms with Gasteiger partial charge in [0.25, 0.3) is 0 Å². The third-order valence-corrected chi connectivity index (χ3v) is 3.63. The van der Waals surface area contributed by atoms with E-state index < -0.39 is 0 Å². The maximum atomic E-state index is 5.77. The van der Waals surface area contributed by atoms with Crippen LogP contribution >= 0.6 is 0 Å². The van der Waals surface area contributed by atoms with Crippen molar-refractivity contribution in [3.05, 3.63) is 35.6 Å². The minimum absolute atomic E-state index is 0.479. The zero-order valence-electron chi connectivity index (χ0n) is 10.7. The Morgan fingerprint density at radius 2 is 2.22 bits per heavy atom. The lowest BCUT2D eigenvalue weighted by Crippen LogP contribution is -2.36. The summed E-state index contributed by atoms with van der Waals surface area (Å²) in [5.74, 6) is 1.01. The molecule has 3 nitrogen and oxygen atoms in total. The first-order valence-electron chi connectivity index (χ1n) is 6.63. The first kappa shape index (κ1) is 11.8. The standard InChI is InChI=1S/C15H19NO2/c1-11-14(9-16-12-5-4-8-17-10-12)13-6-2-3-7-15(13)18-11/h2-3,6-7,12,16H,4-5,8-10H2,1H3. The molecule has 1 aliphatic rings. The molecule has 18 heavy (non-hydrogen) atoms. The molecule has 0 radical (unpaired) electrons. The lowest BCUT2D eigenvalue weighted by molar-refractivity contribution is 0.0699. The lowest BCUT2D eigenvalue weighted by atomic mass is 10.1. The normalized spacial score (nSPS) is 20.4. The highest BCUT2D eigenvalue weighted by Crippen LogP contribution is 2.25. The Hall–Kier alpha value is -1.32. The van der Waals surface area contributed by atoms with Crippen molar-refractivity contribution in [1.29, 1.82) is 0 Å². The van der Waals surface area contributed by atoms with Crippen LogP contribution in [0.25, 0.3) is 11.0 Å². The zero-order chi connectivity index (χ0) is 12.4. The van der Waals surface area contributed by atoms with Crippen molar-refractivity contribution in [2.75, 3.05) is 13.2 Å². The fourth-order valence-electron chi connectivity index (χ4n) is 2.59. The molecular weight excluding hydrogens is 226 g/mol. The van der Waals surface area contributed by atoms with Gasteiger partial charge in [-0.15, -0.1) is 0 Å². The second-order valence-electron chi connectivity index (χ2n) is 4.93. The van der Waals surface area contributed by atoms with Gasteiger partial charge in [0.1, 0.15) is 11.3 Å². The Labute approximate surface area is 107 Å². The lowest BCUT2D eigenvalue weighted by Gasteiger charge is -2.23. The summed E-state index contributed by atoms with van der Waals surface area (Å²) in [5, 5.41) is 4.79. The summed E-state index contributed by atoms with van der Waals surface area (Å²) in [6.45, 7) is 4.63. The average Bonchev–Trinajstić information content (AvgIpc) is 2.73. The quantitative estimate of drug-likeness (QED) is 0.902. The Morgan fingerprint density at radius 3 is 3.06 bits per heavy atom. The van der Waals surface area contributed by atoms with Gasteiger partial charge < -0.3 is 14.5 Å². The van der Waals surface area contributed by atoms with Gasteiger partial charge in [0.15, 0.2) is 0 Å². The summed E-state index contributed by atoms with van der Waals surface area (Å²) >= 11 is 0. The maximum Gasteiger partial charge on any atom is 0.134 e. The molecule has 0 aliphatic carbocycles. The highest BCUT2D eigenvalue weighted by Gasteiger charge is 2.15. The number of para-hydroxylation sites is 1. The van der Waals surface area contributed by atoms with E-state index in [0.717, 1.165) is 37.5 Å². The number of nitrogens with one attached hydrogen (secondary N) is 1. The fourth-order valence-corrected chi connectivity index (χ4v) is 2.59. The molecule has 2 aromatic rings. The molecule has 1 aromatic heterocycles. The van der Waals surface area contributed by atoms with Crippen molar-refractivity contribution in [3.63, 3.8) is 0 Å². The maximum absolute atomic E-state index is 5.77. The van der Waals surface area contributed by atoms with Gasteiger partial charge in [0.2, 0.25) is 0 Å².